The van der Waals surface area contributed by atoms with Gasteiger partial charge in [-0.1, -0.05) is 13.0 Å². The molecule has 1 aliphatic carbocycles. The van der Waals surface area contributed by atoms with Gasteiger partial charge in [-0.2, -0.15) is 0 Å². The van der Waals surface area contributed by atoms with Gasteiger partial charge in [0, 0.05) is 41.8 Å². The summed E-state index contributed by atoms with van der Waals surface area (Å²) >= 11 is 0. The monoisotopic (exact) mass is 818 g/mol. The van der Waals surface area contributed by atoms with Crippen LogP contribution in [0.25, 0.3) is 10.9 Å². The fourth-order valence-corrected chi connectivity index (χ4v) is 8.76. The number of carbonyl (C=O) groups is 6. The average Bonchev–Trinajstić information content (AvgIpc) is 3.49. The minimum Gasteiger partial charge on any atom is -0.487 e. The first-order valence-corrected chi connectivity index (χ1v) is 20.6. The second-order valence-electron chi connectivity index (χ2n) is 16.0. The van der Waals surface area contributed by atoms with E-state index in [0.29, 0.717) is 42.7 Å². The van der Waals surface area contributed by atoms with Crippen molar-refractivity contribution in [2.24, 2.45) is 11.8 Å². The Morgan fingerprint density at radius 3 is 2.48 bits per heavy atom. The van der Waals surface area contributed by atoms with Crippen LogP contribution in [0.4, 0.5) is 15.8 Å². The minimum atomic E-state index is -1.04. The molecule has 15 heteroatoms. The standard InChI is InChI=1S/C45H47FN6O8/c1-26(27-5-7-28(8-6-27)33-17-19-47-36-14-9-29(46)23-35(33)36)42(55)49-30-10-12-31(13-11-30)60-32-24-51(25-32)40(54)18-21-59-22-20-48-37-4-2-3-34-41(37)45(58)52(44(34)57)38-15-16-39(53)50-43(38)56/h2-4,9-14,17,19,23,26-28,32,38,48H,5-8,15-16,18,20-22,24-25H2,1H3,(H,49,55)(H,50,53,56)/t26-,27?,28?,38?/m1/s1. The first-order valence-electron chi connectivity index (χ1n) is 20.6. The lowest BCUT2D eigenvalue weighted by molar-refractivity contribution is -0.141. The molecule has 8 rings (SSSR count). The van der Waals surface area contributed by atoms with Crippen LogP contribution in [0.5, 0.6) is 5.75 Å². The summed E-state index contributed by atoms with van der Waals surface area (Å²) in [7, 11) is 0. The highest BCUT2D eigenvalue weighted by Crippen LogP contribution is 2.41. The first kappa shape index (κ1) is 40.6. The molecule has 60 heavy (non-hydrogen) atoms. The largest absolute Gasteiger partial charge is 0.487 e. The number of rotatable bonds is 14. The van der Waals surface area contributed by atoms with E-state index in [9.17, 15) is 33.2 Å². The molecule has 1 aromatic heterocycles. The highest BCUT2D eigenvalue weighted by molar-refractivity contribution is 6.25. The van der Waals surface area contributed by atoms with Gasteiger partial charge in [0.15, 0.2) is 0 Å². The Morgan fingerprint density at radius 1 is 0.933 bits per heavy atom. The lowest BCUT2D eigenvalue weighted by Gasteiger charge is -2.39. The van der Waals surface area contributed by atoms with E-state index in [-0.39, 0.29) is 79.2 Å². The van der Waals surface area contributed by atoms with Crippen LogP contribution >= 0.6 is 0 Å². The molecule has 4 heterocycles. The Bertz CT molecular complexity index is 2320. The van der Waals surface area contributed by atoms with Crippen LogP contribution in [0.15, 0.2) is 72.9 Å². The zero-order chi connectivity index (χ0) is 41.9. The number of halogens is 1. The summed E-state index contributed by atoms with van der Waals surface area (Å²) in [6, 6.07) is 17.8. The second kappa shape index (κ2) is 17.6. The van der Waals surface area contributed by atoms with Gasteiger partial charge in [0.1, 0.15) is 23.7 Å². The Labute approximate surface area is 346 Å². The van der Waals surface area contributed by atoms with Crippen LogP contribution in [0.2, 0.25) is 0 Å². The maximum absolute atomic E-state index is 14.0. The third-order valence-corrected chi connectivity index (χ3v) is 12.2. The molecule has 4 aromatic rings. The van der Waals surface area contributed by atoms with E-state index < -0.39 is 29.7 Å². The maximum Gasteiger partial charge on any atom is 0.264 e. The number of aromatic nitrogens is 1. The van der Waals surface area contributed by atoms with Gasteiger partial charge in [-0.3, -0.25) is 44.0 Å². The van der Waals surface area contributed by atoms with Crippen molar-refractivity contribution in [3.05, 3.63) is 95.4 Å². The van der Waals surface area contributed by atoms with Crippen LogP contribution < -0.4 is 20.7 Å². The number of likely N-dealkylation sites (tertiary alicyclic amines) is 1. The van der Waals surface area contributed by atoms with Gasteiger partial charge in [-0.05, 0) is 110 Å². The molecule has 3 fully saturated rings. The number of ether oxygens (including phenoxy) is 2. The molecule has 3 aliphatic heterocycles. The van der Waals surface area contributed by atoms with E-state index in [4.69, 9.17) is 9.47 Å². The summed E-state index contributed by atoms with van der Waals surface area (Å²) in [5.41, 5.74) is 3.41. The summed E-state index contributed by atoms with van der Waals surface area (Å²) in [4.78, 5) is 83.2. The molecular formula is C45H47FN6O8. The van der Waals surface area contributed by atoms with Crippen LogP contribution in [0, 0.1) is 17.7 Å². The average molecular weight is 819 g/mol. The molecule has 3 aromatic carbocycles. The molecule has 14 nitrogen and oxygen atoms in total. The number of hydrogen-bond donors (Lipinski definition) is 3. The number of benzene rings is 3. The van der Waals surface area contributed by atoms with Gasteiger partial charge in [0.05, 0.1) is 49.4 Å². The van der Waals surface area contributed by atoms with Crippen molar-refractivity contribution in [3.63, 3.8) is 0 Å². The van der Waals surface area contributed by atoms with E-state index in [1.54, 1.807) is 35.4 Å². The van der Waals surface area contributed by atoms with Crippen molar-refractivity contribution >= 4 is 57.7 Å². The Balaban J connectivity index is 0.711. The van der Waals surface area contributed by atoms with E-state index >= 15 is 0 Å². The van der Waals surface area contributed by atoms with Gasteiger partial charge >= 0.3 is 0 Å². The van der Waals surface area contributed by atoms with E-state index in [1.807, 2.05) is 37.3 Å². The lowest BCUT2D eigenvalue weighted by Crippen LogP contribution is -2.56. The second-order valence-corrected chi connectivity index (χ2v) is 16.0. The minimum absolute atomic E-state index is 0.0226. The lowest BCUT2D eigenvalue weighted by atomic mass is 9.73. The number of nitrogens with zero attached hydrogens (tertiary/aromatic N) is 3. The number of amides is 6. The van der Waals surface area contributed by atoms with Crippen LogP contribution in [0.3, 0.4) is 0 Å². The molecule has 0 bridgehead atoms. The predicted octanol–water partition coefficient (Wildman–Crippen LogP) is 5.43. The third kappa shape index (κ3) is 8.58. The number of anilines is 2. The highest BCUT2D eigenvalue weighted by atomic mass is 19.1. The van der Waals surface area contributed by atoms with Gasteiger partial charge in [0.25, 0.3) is 11.8 Å². The van der Waals surface area contributed by atoms with Crippen molar-refractivity contribution in [1.29, 1.82) is 0 Å². The van der Waals surface area contributed by atoms with Gasteiger partial charge in [-0.15, -0.1) is 0 Å². The Morgan fingerprint density at radius 2 is 1.72 bits per heavy atom. The molecular weight excluding hydrogens is 772 g/mol. The van der Waals surface area contributed by atoms with Gasteiger partial charge < -0.3 is 25.0 Å². The van der Waals surface area contributed by atoms with Crippen molar-refractivity contribution in [2.45, 2.75) is 69.9 Å². The smallest absolute Gasteiger partial charge is 0.264 e. The van der Waals surface area contributed by atoms with Crippen LogP contribution in [-0.4, -0.2) is 95.2 Å². The van der Waals surface area contributed by atoms with E-state index in [0.717, 1.165) is 47.0 Å². The normalized spacial score (nSPS) is 21.0. The third-order valence-electron chi connectivity index (χ3n) is 12.2. The molecule has 1 unspecified atom stereocenters. The number of carbonyl (C=O) groups excluding carboxylic acids is 6. The quantitative estimate of drug-likeness (QED) is 0.110. The summed E-state index contributed by atoms with van der Waals surface area (Å²) in [5, 5.41) is 9.23. The molecule has 2 atom stereocenters. The van der Waals surface area contributed by atoms with Crippen molar-refractivity contribution in [3.8, 4) is 5.75 Å². The highest BCUT2D eigenvalue weighted by Gasteiger charge is 2.45. The SMILES string of the molecule is C[C@@H](C(=O)Nc1ccc(OC2CN(C(=O)CCOCCNc3cccc4c3C(=O)N(C3CCC(=O)NC3=O)C4=O)C2)cc1)C1CCC(c2ccnc3ccc(F)cc23)CC1. The zero-order valence-electron chi connectivity index (χ0n) is 33.3. The molecule has 0 spiro atoms. The van der Waals surface area contributed by atoms with Crippen molar-refractivity contribution < 1.29 is 42.6 Å². The maximum atomic E-state index is 14.0. The molecule has 3 N–H and O–H groups in total. The van der Waals surface area contributed by atoms with Crippen LogP contribution in [0.1, 0.15) is 84.1 Å². The number of fused-ring (bicyclic) bond motifs is 2. The fourth-order valence-electron chi connectivity index (χ4n) is 8.76. The summed E-state index contributed by atoms with van der Waals surface area (Å²) in [6.07, 6.45) is 5.66. The number of pyridine rings is 1. The molecule has 2 saturated heterocycles. The van der Waals surface area contributed by atoms with Gasteiger partial charge in [0.2, 0.25) is 23.6 Å². The zero-order valence-corrected chi connectivity index (χ0v) is 33.3. The first-order chi connectivity index (χ1) is 29.0. The van der Waals surface area contributed by atoms with Gasteiger partial charge in [-0.25, -0.2) is 4.39 Å². The van der Waals surface area contributed by atoms with Crippen LogP contribution in [-0.2, 0) is 23.9 Å². The fraction of sp³-hybridized carbons (Fsp3) is 0.400. The summed E-state index contributed by atoms with van der Waals surface area (Å²) < 4.78 is 25.7. The van der Waals surface area contributed by atoms with E-state index in [1.165, 1.54) is 12.1 Å². The number of hydrogen-bond acceptors (Lipinski definition) is 10. The summed E-state index contributed by atoms with van der Waals surface area (Å²) in [6.45, 7) is 3.64. The Hall–Kier alpha value is -6.22. The number of nitrogens with one attached hydrogen (secondary N) is 3. The van der Waals surface area contributed by atoms with E-state index in [2.05, 4.69) is 20.9 Å². The molecule has 4 aliphatic rings. The summed E-state index contributed by atoms with van der Waals surface area (Å²) in [5.74, 6) is -1.55. The molecule has 312 valence electrons. The number of imide groups is 2. The van der Waals surface area contributed by atoms with Crippen molar-refractivity contribution in [1.82, 2.24) is 20.1 Å². The number of piperidine rings is 1. The molecule has 1 saturated carbocycles. The topological polar surface area (TPSA) is 176 Å². The predicted molar refractivity (Wildman–Crippen MR) is 219 cm³/mol. The molecule has 0 radical (unpaired) electrons. The Kier molecular flexibility index (Phi) is 11.9. The molecule has 6 amide bonds. The van der Waals surface area contributed by atoms with Crippen molar-refractivity contribution in [2.75, 3.05) is 43.5 Å².